The van der Waals surface area contributed by atoms with Crippen LogP contribution in [0.25, 0.3) is 0 Å². The predicted molar refractivity (Wildman–Crippen MR) is 73.0 cm³/mol. The zero-order valence-corrected chi connectivity index (χ0v) is 11.2. The lowest BCUT2D eigenvalue weighted by atomic mass is 10.2. The first-order valence-electron chi connectivity index (χ1n) is 5.97. The van der Waals surface area contributed by atoms with Crippen LogP contribution in [0.4, 0.5) is 5.69 Å². The number of benzene rings is 1. The smallest absolute Gasteiger partial charge is 0.269 e. The third-order valence-electron chi connectivity index (χ3n) is 2.77. The molecule has 0 saturated heterocycles. The van der Waals surface area contributed by atoms with Gasteiger partial charge in [0.15, 0.2) is 0 Å². The fourth-order valence-corrected chi connectivity index (χ4v) is 1.72. The molecule has 6 nitrogen and oxygen atoms in total. The first kappa shape index (κ1) is 13.8. The van der Waals surface area contributed by atoms with Crippen LogP contribution in [-0.4, -0.2) is 17.0 Å². The van der Waals surface area contributed by atoms with Crippen molar-refractivity contribution in [3.63, 3.8) is 0 Å². The van der Waals surface area contributed by atoms with E-state index in [0.717, 1.165) is 5.69 Å². The van der Waals surface area contributed by atoms with Gasteiger partial charge >= 0.3 is 0 Å². The van der Waals surface area contributed by atoms with Crippen LogP contribution < -0.4 is 9.47 Å². The highest BCUT2D eigenvalue weighted by Crippen LogP contribution is 2.24. The van der Waals surface area contributed by atoms with Crippen LogP contribution in [0, 0.1) is 17.0 Å². The Morgan fingerprint density at radius 1 is 1.30 bits per heavy atom. The minimum absolute atomic E-state index is 0.0503. The van der Waals surface area contributed by atoms with Gasteiger partial charge in [-0.15, -0.1) is 0 Å². The molecule has 0 unspecified atom stereocenters. The summed E-state index contributed by atoms with van der Waals surface area (Å²) in [6.07, 6.45) is 1.64. The van der Waals surface area contributed by atoms with Crippen molar-refractivity contribution in [2.75, 3.05) is 7.11 Å². The summed E-state index contributed by atoms with van der Waals surface area (Å²) in [4.78, 5) is 14.4. The molecule has 0 radical (unpaired) electrons. The van der Waals surface area contributed by atoms with Gasteiger partial charge in [-0.05, 0) is 24.6 Å². The predicted octanol–water partition coefficient (Wildman–Crippen LogP) is 2.89. The number of aryl methyl sites for hydroxylation is 1. The molecule has 0 atom stereocenters. The second kappa shape index (κ2) is 6.01. The van der Waals surface area contributed by atoms with Gasteiger partial charge in [0.2, 0.25) is 0 Å². The summed E-state index contributed by atoms with van der Waals surface area (Å²) in [5, 5.41) is 10.7. The van der Waals surface area contributed by atoms with Crippen LogP contribution in [0.15, 0.2) is 36.5 Å². The van der Waals surface area contributed by atoms with Gasteiger partial charge in [0.25, 0.3) is 5.69 Å². The molecule has 2 aromatic rings. The van der Waals surface area contributed by atoms with E-state index in [1.165, 1.54) is 12.1 Å². The van der Waals surface area contributed by atoms with E-state index < -0.39 is 4.92 Å². The van der Waals surface area contributed by atoms with Gasteiger partial charge in [-0.3, -0.25) is 15.1 Å². The number of aromatic nitrogens is 1. The van der Waals surface area contributed by atoms with E-state index in [1.807, 2.05) is 0 Å². The maximum absolute atomic E-state index is 10.7. The Bertz CT molecular complexity index is 628. The van der Waals surface area contributed by atoms with Crippen LogP contribution >= 0.6 is 0 Å². The monoisotopic (exact) mass is 274 g/mol. The molecule has 0 aliphatic carbocycles. The zero-order chi connectivity index (χ0) is 14.5. The minimum atomic E-state index is -0.430. The molecule has 1 heterocycles. The normalized spacial score (nSPS) is 10.1. The quantitative estimate of drug-likeness (QED) is 0.619. The van der Waals surface area contributed by atoms with E-state index in [2.05, 4.69) is 4.98 Å². The summed E-state index contributed by atoms with van der Waals surface area (Å²) in [5.74, 6) is 1.30. The van der Waals surface area contributed by atoms with Crippen LogP contribution in [0.2, 0.25) is 0 Å². The Morgan fingerprint density at radius 2 is 2.10 bits per heavy atom. The third-order valence-corrected chi connectivity index (χ3v) is 2.77. The van der Waals surface area contributed by atoms with Gasteiger partial charge < -0.3 is 9.47 Å². The lowest BCUT2D eigenvalue weighted by Crippen LogP contribution is -2.00. The van der Waals surface area contributed by atoms with Crippen molar-refractivity contribution < 1.29 is 14.4 Å². The average Bonchev–Trinajstić information content (AvgIpc) is 2.46. The Balaban J connectivity index is 2.08. The Labute approximate surface area is 116 Å². The fourth-order valence-electron chi connectivity index (χ4n) is 1.72. The molecule has 0 N–H and O–H groups in total. The highest BCUT2D eigenvalue weighted by Gasteiger charge is 2.09. The van der Waals surface area contributed by atoms with Crippen molar-refractivity contribution in [2.24, 2.45) is 0 Å². The van der Waals surface area contributed by atoms with E-state index in [9.17, 15) is 10.1 Å². The molecule has 0 bridgehead atoms. The Kier molecular flexibility index (Phi) is 4.14. The lowest BCUT2D eigenvalue weighted by molar-refractivity contribution is -0.384. The molecule has 20 heavy (non-hydrogen) atoms. The largest absolute Gasteiger partial charge is 0.497 e. The second-order valence-corrected chi connectivity index (χ2v) is 4.18. The number of nitrogens with zero attached hydrogens (tertiary/aromatic N) is 2. The number of ether oxygens (including phenoxy) is 2. The Hall–Kier alpha value is -2.63. The summed E-state index contributed by atoms with van der Waals surface area (Å²) in [5.41, 5.74) is 1.48. The Morgan fingerprint density at radius 3 is 2.75 bits per heavy atom. The van der Waals surface area contributed by atoms with Crippen molar-refractivity contribution in [1.82, 2.24) is 4.98 Å². The molecule has 2 rings (SSSR count). The summed E-state index contributed by atoms with van der Waals surface area (Å²) in [6.45, 7) is 2.04. The summed E-state index contributed by atoms with van der Waals surface area (Å²) in [7, 11) is 1.58. The van der Waals surface area contributed by atoms with Crippen molar-refractivity contribution in [3.05, 3.63) is 57.9 Å². The van der Waals surface area contributed by atoms with Gasteiger partial charge in [-0.2, -0.15) is 0 Å². The third kappa shape index (κ3) is 3.23. The van der Waals surface area contributed by atoms with Crippen LogP contribution in [0.1, 0.15) is 11.3 Å². The number of non-ortho nitro benzene ring substituents is 1. The maximum atomic E-state index is 10.7. The number of nitro groups is 1. The van der Waals surface area contributed by atoms with Gasteiger partial charge in [0.05, 0.1) is 17.7 Å². The molecular formula is C14H14N2O4. The van der Waals surface area contributed by atoms with Gasteiger partial charge in [-0.1, -0.05) is 0 Å². The number of nitro benzene ring substituents is 1. The number of methoxy groups -OCH3 is 1. The summed E-state index contributed by atoms with van der Waals surface area (Å²) < 4.78 is 10.7. The highest BCUT2D eigenvalue weighted by atomic mass is 16.6. The molecule has 0 aliphatic rings. The fraction of sp³-hybridized carbons (Fsp3) is 0.214. The van der Waals surface area contributed by atoms with E-state index >= 15 is 0 Å². The topological polar surface area (TPSA) is 74.5 Å². The van der Waals surface area contributed by atoms with Crippen LogP contribution in [0.5, 0.6) is 11.5 Å². The number of hydrogen-bond donors (Lipinski definition) is 0. The van der Waals surface area contributed by atoms with Gasteiger partial charge in [-0.25, -0.2) is 0 Å². The van der Waals surface area contributed by atoms with E-state index in [4.69, 9.17) is 9.47 Å². The second-order valence-electron chi connectivity index (χ2n) is 4.18. The molecule has 0 fully saturated rings. The zero-order valence-electron chi connectivity index (χ0n) is 11.2. The first-order valence-corrected chi connectivity index (χ1v) is 5.97. The van der Waals surface area contributed by atoms with Gasteiger partial charge in [0, 0.05) is 24.4 Å². The van der Waals surface area contributed by atoms with Gasteiger partial charge in [0.1, 0.15) is 18.1 Å². The SMILES string of the molecule is COc1ccnc(COc2ccc([N+](=O)[O-])cc2C)c1. The van der Waals surface area contributed by atoms with Crippen molar-refractivity contribution in [1.29, 1.82) is 0 Å². The summed E-state index contributed by atoms with van der Waals surface area (Å²) in [6, 6.07) is 8.02. The van der Waals surface area contributed by atoms with Crippen LogP contribution in [-0.2, 0) is 6.61 Å². The molecule has 0 spiro atoms. The van der Waals surface area contributed by atoms with Crippen molar-refractivity contribution in [2.45, 2.75) is 13.5 Å². The maximum Gasteiger partial charge on any atom is 0.269 e. The molecule has 1 aromatic heterocycles. The van der Waals surface area contributed by atoms with E-state index in [1.54, 1.807) is 38.4 Å². The number of rotatable bonds is 5. The molecule has 0 amide bonds. The average molecular weight is 274 g/mol. The standard InChI is InChI=1S/C14H14N2O4/c1-10-7-12(16(17)18)3-4-14(10)20-9-11-8-13(19-2)5-6-15-11/h3-8H,9H2,1-2H3. The molecular weight excluding hydrogens is 260 g/mol. The molecule has 0 aliphatic heterocycles. The minimum Gasteiger partial charge on any atom is -0.497 e. The van der Waals surface area contributed by atoms with Crippen molar-refractivity contribution in [3.8, 4) is 11.5 Å². The van der Waals surface area contributed by atoms with Crippen LogP contribution in [0.3, 0.4) is 0 Å². The number of hydrogen-bond acceptors (Lipinski definition) is 5. The molecule has 6 heteroatoms. The van der Waals surface area contributed by atoms with E-state index in [-0.39, 0.29) is 12.3 Å². The molecule has 1 aromatic carbocycles. The highest BCUT2D eigenvalue weighted by molar-refractivity contribution is 5.43. The molecule has 104 valence electrons. The first-order chi connectivity index (χ1) is 9.60. The summed E-state index contributed by atoms with van der Waals surface area (Å²) >= 11 is 0. The lowest BCUT2D eigenvalue weighted by Gasteiger charge is -2.09. The van der Waals surface area contributed by atoms with Crippen molar-refractivity contribution >= 4 is 5.69 Å². The molecule has 0 saturated carbocycles. The number of pyridine rings is 1. The van der Waals surface area contributed by atoms with E-state index in [0.29, 0.717) is 17.1 Å².